The summed E-state index contributed by atoms with van der Waals surface area (Å²) in [6, 6.07) is 2.53. The van der Waals surface area contributed by atoms with Gasteiger partial charge < -0.3 is 4.74 Å². The lowest BCUT2D eigenvalue weighted by atomic mass is 9.90. The van der Waals surface area contributed by atoms with E-state index in [1.54, 1.807) is 4.90 Å². The molecule has 1 aromatic heterocycles. The molecule has 2 atom stereocenters. The quantitative estimate of drug-likeness (QED) is 0.858. The van der Waals surface area contributed by atoms with Crippen LogP contribution in [0.5, 0.6) is 0 Å². The predicted octanol–water partition coefficient (Wildman–Crippen LogP) is 3.45. The van der Waals surface area contributed by atoms with Crippen LogP contribution in [0.2, 0.25) is 0 Å². The fourth-order valence-electron chi connectivity index (χ4n) is 3.58. The van der Waals surface area contributed by atoms with Crippen molar-refractivity contribution in [2.24, 2.45) is 0 Å². The molecule has 0 spiro atoms. The Morgan fingerprint density at radius 2 is 2.05 bits per heavy atom. The fraction of sp³-hybridized carbons (Fsp3) is 0.647. The Kier molecular flexibility index (Phi) is 5.06. The minimum absolute atomic E-state index is 0.0914. The lowest BCUT2D eigenvalue weighted by Gasteiger charge is -2.43. The maximum Gasteiger partial charge on any atom is 0.414 e. The van der Waals surface area contributed by atoms with Gasteiger partial charge in [0, 0.05) is 17.8 Å². The molecule has 1 amide bonds. The SMILES string of the molecule is CCN(CC)C1CC(C)N(C(=O)OC)c2c1cc(C)nc2C. The van der Waals surface area contributed by atoms with Gasteiger partial charge in [-0.15, -0.1) is 0 Å². The monoisotopic (exact) mass is 305 g/mol. The first-order valence-electron chi connectivity index (χ1n) is 8.03. The Bertz CT molecular complexity index is 555. The highest BCUT2D eigenvalue weighted by molar-refractivity contribution is 5.91. The number of aromatic nitrogens is 1. The molecule has 0 aliphatic carbocycles. The van der Waals surface area contributed by atoms with Crippen molar-refractivity contribution in [3.8, 4) is 0 Å². The predicted molar refractivity (Wildman–Crippen MR) is 88.3 cm³/mol. The number of anilines is 1. The number of hydrogen-bond donors (Lipinski definition) is 0. The zero-order chi connectivity index (χ0) is 16.4. The average Bonchev–Trinajstić information content (AvgIpc) is 2.48. The minimum Gasteiger partial charge on any atom is -0.452 e. The van der Waals surface area contributed by atoms with Crippen LogP contribution in [0.15, 0.2) is 6.07 Å². The second kappa shape index (κ2) is 6.65. The van der Waals surface area contributed by atoms with Crippen LogP contribution in [-0.2, 0) is 4.74 Å². The van der Waals surface area contributed by atoms with E-state index in [1.807, 2.05) is 13.8 Å². The number of carbonyl (C=O) groups excluding carboxylic acids is 1. The number of amides is 1. The number of hydrogen-bond acceptors (Lipinski definition) is 4. The smallest absolute Gasteiger partial charge is 0.414 e. The van der Waals surface area contributed by atoms with E-state index in [-0.39, 0.29) is 12.1 Å². The third-order valence-electron chi connectivity index (χ3n) is 4.55. The first kappa shape index (κ1) is 16.7. The summed E-state index contributed by atoms with van der Waals surface area (Å²) < 4.78 is 5.00. The largest absolute Gasteiger partial charge is 0.452 e. The van der Waals surface area contributed by atoms with Gasteiger partial charge in [-0.05, 0) is 51.9 Å². The molecule has 2 heterocycles. The summed E-state index contributed by atoms with van der Waals surface area (Å²) in [5.41, 5.74) is 4.00. The fourth-order valence-corrected chi connectivity index (χ4v) is 3.58. The van der Waals surface area contributed by atoms with Crippen molar-refractivity contribution in [2.45, 2.75) is 53.1 Å². The number of nitrogens with zero attached hydrogens (tertiary/aromatic N) is 3. The molecule has 122 valence electrons. The zero-order valence-corrected chi connectivity index (χ0v) is 14.5. The Morgan fingerprint density at radius 1 is 1.41 bits per heavy atom. The van der Waals surface area contributed by atoms with E-state index in [0.717, 1.165) is 36.6 Å². The topological polar surface area (TPSA) is 45.7 Å². The number of methoxy groups -OCH3 is 1. The van der Waals surface area contributed by atoms with Crippen LogP contribution in [-0.4, -0.2) is 42.2 Å². The molecular formula is C17H27N3O2. The zero-order valence-electron chi connectivity index (χ0n) is 14.5. The highest BCUT2D eigenvalue weighted by Crippen LogP contribution is 2.42. The molecule has 2 unspecified atom stereocenters. The van der Waals surface area contributed by atoms with Crippen LogP contribution in [0.1, 0.15) is 50.2 Å². The normalized spacial score (nSPS) is 21.0. The summed E-state index contributed by atoms with van der Waals surface area (Å²) in [4.78, 5) is 21.0. The van der Waals surface area contributed by atoms with Crippen LogP contribution in [0.3, 0.4) is 0 Å². The number of rotatable bonds is 3. The first-order chi connectivity index (χ1) is 10.4. The Morgan fingerprint density at radius 3 is 2.59 bits per heavy atom. The molecule has 0 radical (unpaired) electrons. The summed E-state index contributed by atoms with van der Waals surface area (Å²) >= 11 is 0. The van der Waals surface area contributed by atoms with E-state index in [2.05, 4.69) is 36.7 Å². The van der Waals surface area contributed by atoms with Crippen molar-refractivity contribution in [3.63, 3.8) is 0 Å². The van der Waals surface area contributed by atoms with Crippen LogP contribution in [0.4, 0.5) is 10.5 Å². The van der Waals surface area contributed by atoms with Gasteiger partial charge in [0.25, 0.3) is 0 Å². The minimum atomic E-state index is -0.305. The Labute approximate surface area is 133 Å². The Balaban J connectivity index is 2.61. The summed E-state index contributed by atoms with van der Waals surface area (Å²) in [5.74, 6) is 0. The van der Waals surface area contributed by atoms with Gasteiger partial charge >= 0.3 is 6.09 Å². The standard InChI is InChI=1S/C17H27N3O2/c1-7-19(8-2)15-10-12(4)20(17(21)22-6)16-13(5)18-11(3)9-14(15)16/h9,12,15H,7-8,10H2,1-6H3. The molecule has 1 aromatic rings. The molecule has 2 rings (SSSR count). The van der Waals surface area contributed by atoms with Gasteiger partial charge in [0.1, 0.15) is 0 Å². The molecule has 22 heavy (non-hydrogen) atoms. The lowest BCUT2D eigenvalue weighted by Crippen LogP contribution is -2.47. The van der Waals surface area contributed by atoms with Crippen molar-refractivity contribution < 1.29 is 9.53 Å². The second-order valence-corrected chi connectivity index (χ2v) is 5.95. The van der Waals surface area contributed by atoms with Gasteiger partial charge in [-0.2, -0.15) is 0 Å². The molecular weight excluding hydrogens is 278 g/mol. The molecule has 0 N–H and O–H groups in total. The van der Waals surface area contributed by atoms with E-state index >= 15 is 0 Å². The molecule has 0 aromatic carbocycles. The molecule has 0 saturated heterocycles. The van der Waals surface area contributed by atoms with Crippen molar-refractivity contribution in [2.75, 3.05) is 25.1 Å². The molecule has 1 aliphatic rings. The number of pyridine rings is 1. The third kappa shape index (κ3) is 2.82. The summed E-state index contributed by atoms with van der Waals surface area (Å²) in [7, 11) is 1.43. The van der Waals surface area contributed by atoms with Gasteiger partial charge in [-0.3, -0.25) is 14.8 Å². The maximum atomic E-state index is 12.3. The number of carbonyl (C=O) groups is 1. The van der Waals surface area contributed by atoms with Crippen molar-refractivity contribution in [1.82, 2.24) is 9.88 Å². The number of ether oxygens (including phenoxy) is 1. The van der Waals surface area contributed by atoms with E-state index in [9.17, 15) is 4.79 Å². The molecule has 0 saturated carbocycles. The molecule has 0 fully saturated rings. The Hall–Kier alpha value is -1.62. The highest BCUT2D eigenvalue weighted by atomic mass is 16.5. The van der Waals surface area contributed by atoms with Gasteiger partial charge in [-0.1, -0.05) is 13.8 Å². The van der Waals surface area contributed by atoms with Crippen LogP contribution < -0.4 is 4.90 Å². The van der Waals surface area contributed by atoms with Crippen LogP contribution >= 0.6 is 0 Å². The van der Waals surface area contributed by atoms with Gasteiger partial charge in [0.15, 0.2) is 0 Å². The molecule has 5 nitrogen and oxygen atoms in total. The van der Waals surface area contributed by atoms with E-state index in [4.69, 9.17) is 4.74 Å². The van der Waals surface area contributed by atoms with Crippen molar-refractivity contribution >= 4 is 11.8 Å². The van der Waals surface area contributed by atoms with E-state index in [0.29, 0.717) is 6.04 Å². The second-order valence-electron chi connectivity index (χ2n) is 5.95. The average molecular weight is 305 g/mol. The van der Waals surface area contributed by atoms with Gasteiger partial charge in [-0.25, -0.2) is 4.79 Å². The number of aryl methyl sites for hydroxylation is 2. The highest BCUT2D eigenvalue weighted by Gasteiger charge is 2.37. The maximum absolute atomic E-state index is 12.3. The van der Waals surface area contributed by atoms with Crippen molar-refractivity contribution in [3.05, 3.63) is 23.0 Å². The lowest BCUT2D eigenvalue weighted by molar-refractivity contribution is 0.163. The van der Waals surface area contributed by atoms with Crippen molar-refractivity contribution in [1.29, 1.82) is 0 Å². The first-order valence-corrected chi connectivity index (χ1v) is 8.03. The summed E-state index contributed by atoms with van der Waals surface area (Å²) in [6.07, 6.45) is 0.604. The molecule has 1 aliphatic heterocycles. The van der Waals surface area contributed by atoms with E-state index < -0.39 is 0 Å². The van der Waals surface area contributed by atoms with Crippen LogP contribution in [0, 0.1) is 13.8 Å². The molecule has 0 bridgehead atoms. The van der Waals surface area contributed by atoms with Gasteiger partial charge in [0.2, 0.25) is 0 Å². The summed E-state index contributed by atoms with van der Waals surface area (Å²) in [6.45, 7) is 12.4. The van der Waals surface area contributed by atoms with Crippen LogP contribution in [0.25, 0.3) is 0 Å². The third-order valence-corrected chi connectivity index (χ3v) is 4.55. The molecule has 5 heteroatoms. The number of fused-ring (bicyclic) bond motifs is 1. The van der Waals surface area contributed by atoms with E-state index in [1.165, 1.54) is 12.7 Å². The van der Waals surface area contributed by atoms with Gasteiger partial charge in [0.05, 0.1) is 18.5 Å². The summed E-state index contributed by atoms with van der Waals surface area (Å²) in [5, 5.41) is 0.